The molecule has 0 bridgehead atoms. The molecule has 1 atom stereocenters. The number of nitrogens with two attached hydrogens (primary N) is 1. The van der Waals surface area contributed by atoms with Gasteiger partial charge in [0.1, 0.15) is 5.60 Å². The summed E-state index contributed by atoms with van der Waals surface area (Å²) in [6.07, 6.45) is -5.24. The molecule has 3 rings (SSSR count). The number of amides is 2. The lowest BCUT2D eigenvalue weighted by Crippen LogP contribution is -2.50. The second-order valence-corrected chi connectivity index (χ2v) is 7.47. The van der Waals surface area contributed by atoms with E-state index in [0.717, 1.165) is 6.07 Å². The van der Waals surface area contributed by atoms with Crippen molar-refractivity contribution in [2.45, 2.75) is 38.6 Å². The number of carbonyl (C=O) groups excluding carboxylic acids is 2. The van der Waals surface area contributed by atoms with Crippen molar-refractivity contribution < 1.29 is 27.5 Å². The molecule has 0 aliphatic carbocycles. The van der Waals surface area contributed by atoms with Crippen molar-refractivity contribution in [3.8, 4) is 0 Å². The van der Waals surface area contributed by atoms with Gasteiger partial charge in [-0.25, -0.2) is 4.79 Å². The van der Waals surface area contributed by atoms with E-state index >= 15 is 0 Å². The molecule has 0 saturated carbocycles. The van der Waals surface area contributed by atoms with Gasteiger partial charge in [0.25, 0.3) is 5.91 Å². The molecule has 9 heteroatoms. The molecule has 0 unspecified atom stereocenters. The number of hydrogen-bond acceptors (Lipinski definition) is 4. The van der Waals surface area contributed by atoms with Gasteiger partial charge in [0.05, 0.1) is 17.2 Å². The fourth-order valence-electron chi connectivity index (χ4n) is 3.34. The first-order valence-corrected chi connectivity index (χ1v) is 8.18. The monoisotopic (exact) mass is 371 g/mol. The standard InChI is InChI=1S/C17H20F3N3O3/c1-16(2,3)26-15(25)22-4-5-23-12(8-22)10-6-9(21)7-11(17(18,19)20)13(10)14(23)24/h6-7,12H,4-5,8,21H2,1-3H3/t12-/m0/s1. The second kappa shape index (κ2) is 5.78. The van der Waals surface area contributed by atoms with Crippen molar-refractivity contribution in [1.82, 2.24) is 9.80 Å². The fourth-order valence-corrected chi connectivity index (χ4v) is 3.34. The first-order chi connectivity index (χ1) is 11.9. The number of alkyl halides is 3. The highest BCUT2D eigenvalue weighted by Crippen LogP contribution is 2.44. The molecule has 2 aliphatic rings. The third-order valence-corrected chi connectivity index (χ3v) is 4.36. The number of nitrogen functional groups attached to an aromatic ring is 1. The number of nitrogens with zero attached hydrogens (tertiary/aromatic N) is 2. The molecule has 0 aromatic heterocycles. The Morgan fingerprint density at radius 3 is 2.46 bits per heavy atom. The molecule has 6 nitrogen and oxygen atoms in total. The van der Waals surface area contributed by atoms with E-state index < -0.39 is 35.4 Å². The number of ether oxygens (including phenoxy) is 1. The minimum absolute atomic E-state index is 0.0639. The van der Waals surface area contributed by atoms with Crippen LogP contribution in [0.5, 0.6) is 0 Å². The van der Waals surface area contributed by atoms with Crippen molar-refractivity contribution in [1.29, 1.82) is 0 Å². The quantitative estimate of drug-likeness (QED) is 0.712. The summed E-state index contributed by atoms with van der Waals surface area (Å²) in [5, 5.41) is 0. The number of anilines is 1. The molecule has 1 fully saturated rings. The Morgan fingerprint density at radius 1 is 1.23 bits per heavy atom. The number of hydrogen-bond donors (Lipinski definition) is 1. The van der Waals surface area contributed by atoms with Gasteiger partial charge in [-0.05, 0) is 38.5 Å². The van der Waals surface area contributed by atoms with Crippen LogP contribution in [0.2, 0.25) is 0 Å². The summed E-state index contributed by atoms with van der Waals surface area (Å²) in [4.78, 5) is 27.6. The number of benzene rings is 1. The van der Waals surface area contributed by atoms with Crippen molar-refractivity contribution in [3.05, 3.63) is 28.8 Å². The molecule has 1 aromatic rings. The molecule has 0 spiro atoms. The predicted octanol–water partition coefficient (Wildman–Crippen LogP) is 3.04. The van der Waals surface area contributed by atoms with Crippen molar-refractivity contribution in [2.75, 3.05) is 25.4 Å². The van der Waals surface area contributed by atoms with Crippen molar-refractivity contribution in [3.63, 3.8) is 0 Å². The molecule has 142 valence electrons. The van der Waals surface area contributed by atoms with Gasteiger partial charge in [-0.15, -0.1) is 0 Å². The summed E-state index contributed by atoms with van der Waals surface area (Å²) in [7, 11) is 0. The van der Waals surface area contributed by atoms with Crippen LogP contribution in [-0.4, -0.2) is 47.0 Å². The van der Waals surface area contributed by atoms with Crippen LogP contribution in [0, 0.1) is 0 Å². The summed E-state index contributed by atoms with van der Waals surface area (Å²) in [5.74, 6) is -0.679. The van der Waals surface area contributed by atoms with Crippen molar-refractivity contribution >= 4 is 17.7 Å². The lowest BCUT2D eigenvalue weighted by molar-refractivity contribution is -0.137. The van der Waals surface area contributed by atoms with E-state index in [4.69, 9.17) is 10.5 Å². The van der Waals surface area contributed by atoms with E-state index in [1.54, 1.807) is 20.8 Å². The number of rotatable bonds is 0. The predicted molar refractivity (Wildman–Crippen MR) is 87.4 cm³/mol. The Hall–Kier alpha value is -2.45. The zero-order valence-electron chi connectivity index (χ0n) is 14.7. The maximum atomic E-state index is 13.4. The highest BCUT2D eigenvalue weighted by atomic mass is 19.4. The van der Waals surface area contributed by atoms with Gasteiger partial charge in [0, 0.05) is 25.3 Å². The third-order valence-electron chi connectivity index (χ3n) is 4.36. The van der Waals surface area contributed by atoms with Gasteiger partial charge >= 0.3 is 12.3 Å². The van der Waals surface area contributed by atoms with Gasteiger partial charge in [-0.1, -0.05) is 0 Å². The molecule has 0 radical (unpaired) electrons. The largest absolute Gasteiger partial charge is 0.444 e. The van der Waals surface area contributed by atoms with Crippen LogP contribution in [0.25, 0.3) is 0 Å². The molecule has 1 aromatic carbocycles. The smallest absolute Gasteiger partial charge is 0.417 e. The van der Waals surface area contributed by atoms with E-state index in [1.165, 1.54) is 15.9 Å². The Kier molecular flexibility index (Phi) is 4.08. The van der Waals surface area contributed by atoms with E-state index in [-0.39, 0.29) is 36.4 Å². The maximum absolute atomic E-state index is 13.4. The zero-order valence-corrected chi connectivity index (χ0v) is 14.7. The van der Waals surface area contributed by atoms with Crippen LogP contribution < -0.4 is 5.73 Å². The first kappa shape index (κ1) is 18.3. The van der Waals surface area contributed by atoms with E-state index in [2.05, 4.69) is 0 Å². The molecular formula is C17H20F3N3O3. The SMILES string of the molecule is CC(C)(C)OC(=O)N1CCN2C(=O)c3c(cc(N)cc3C(F)(F)F)[C@@H]2C1. The van der Waals surface area contributed by atoms with Gasteiger partial charge in [0.15, 0.2) is 0 Å². The lowest BCUT2D eigenvalue weighted by atomic mass is 9.97. The van der Waals surface area contributed by atoms with Gasteiger partial charge < -0.3 is 20.3 Å². The normalized spacial score (nSPS) is 20.1. The zero-order chi connectivity index (χ0) is 19.4. The highest BCUT2D eigenvalue weighted by molar-refractivity contribution is 6.01. The molecule has 2 N–H and O–H groups in total. The van der Waals surface area contributed by atoms with Crippen LogP contribution in [0.3, 0.4) is 0 Å². The summed E-state index contributed by atoms with van der Waals surface area (Å²) >= 11 is 0. The van der Waals surface area contributed by atoms with E-state index in [1.807, 2.05) is 0 Å². The Morgan fingerprint density at radius 2 is 1.88 bits per heavy atom. The first-order valence-electron chi connectivity index (χ1n) is 8.18. The molecular weight excluding hydrogens is 351 g/mol. The Balaban J connectivity index is 1.96. The summed E-state index contributed by atoms with van der Waals surface area (Å²) in [6.45, 7) is 5.58. The van der Waals surface area contributed by atoms with E-state index in [9.17, 15) is 22.8 Å². The van der Waals surface area contributed by atoms with Crippen LogP contribution in [-0.2, 0) is 10.9 Å². The van der Waals surface area contributed by atoms with Gasteiger partial charge in [-0.3, -0.25) is 4.79 Å². The average Bonchev–Trinajstić information content (AvgIpc) is 2.76. The van der Waals surface area contributed by atoms with E-state index in [0.29, 0.717) is 0 Å². The van der Waals surface area contributed by atoms with Crippen LogP contribution >= 0.6 is 0 Å². The van der Waals surface area contributed by atoms with Gasteiger partial charge in [0.2, 0.25) is 0 Å². The average molecular weight is 371 g/mol. The third kappa shape index (κ3) is 3.17. The second-order valence-electron chi connectivity index (χ2n) is 7.47. The maximum Gasteiger partial charge on any atom is 0.417 e. The topological polar surface area (TPSA) is 75.9 Å². The Bertz CT molecular complexity index is 771. The minimum Gasteiger partial charge on any atom is -0.444 e. The van der Waals surface area contributed by atoms with Gasteiger partial charge in [-0.2, -0.15) is 13.2 Å². The number of fused-ring (bicyclic) bond motifs is 3. The number of halogens is 3. The number of carbonyl (C=O) groups is 2. The van der Waals surface area contributed by atoms with Crippen LogP contribution in [0.15, 0.2) is 12.1 Å². The summed E-state index contributed by atoms with van der Waals surface area (Å²) in [5.41, 5.74) is 3.68. The summed E-state index contributed by atoms with van der Waals surface area (Å²) in [6, 6.07) is 1.50. The van der Waals surface area contributed by atoms with Crippen molar-refractivity contribution in [2.24, 2.45) is 0 Å². The van der Waals surface area contributed by atoms with Crippen LogP contribution in [0.4, 0.5) is 23.7 Å². The molecule has 2 amide bonds. The molecule has 2 aliphatic heterocycles. The lowest BCUT2D eigenvalue weighted by Gasteiger charge is -2.38. The minimum atomic E-state index is -4.69. The molecule has 1 saturated heterocycles. The molecule has 2 heterocycles. The summed E-state index contributed by atoms with van der Waals surface area (Å²) < 4.78 is 45.4. The Labute approximate surface area is 148 Å². The number of piperazine rings is 1. The molecule has 26 heavy (non-hydrogen) atoms. The van der Waals surface area contributed by atoms with Crippen LogP contribution in [0.1, 0.15) is 48.3 Å². The fraction of sp³-hybridized carbons (Fsp3) is 0.529. The highest BCUT2D eigenvalue weighted by Gasteiger charge is 2.47.